The summed E-state index contributed by atoms with van der Waals surface area (Å²) in [6.45, 7) is 6.09. The molecule has 0 amide bonds. The Hall–Kier alpha value is -0.800. The van der Waals surface area contributed by atoms with E-state index in [4.69, 9.17) is 5.84 Å². The van der Waals surface area contributed by atoms with Crippen molar-refractivity contribution in [3.05, 3.63) is 0 Å². The van der Waals surface area contributed by atoms with Gasteiger partial charge in [-0.15, -0.1) is 0 Å². The summed E-state index contributed by atoms with van der Waals surface area (Å²) in [5, 5.41) is 3.76. The number of hydrazone groups is 1. The quantitative estimate of drug-likeness (QED) is 0.253. The van der Waals surface area contributed by atoms with Gasteiger partial charge in [-0.3, -0.25) is 0 Å². The van der Waals surface area contributed by atoms with Crippen LogP contribution in [0.5, 0.6) is 0 Å². The summed E-state index contributed by atoms with van der Waals surface area (Å²) in [5.74, 6) is 6.25. The first kappa shape index (κ1) is 12.3. The van der Waals surface area contributed by atoms with Crippen molar-refractivity contribution in [2.24, 2.45) is 16.9 Å². The number of amidine groups is 1. The van der Waals surface area contributed by atoms with Crippen LogP contribution < -0.4 is 5.84 Å². The first-order chi connectivity index (χ1) is 7.11. The summed E-state index contributed by atoms with van der Waals surface area (Å²) >= 11 is 0. The van der Waals surface area contributed by atoms with Gasteiger partial charge in [0.2, 0.25) is 0 Å². The largest absolute Gasteiger partial charge is 0.326 e. The van der Waals surface area contributed by atoms with Crippen LogP contribution in [0.3, 0.4) is 0 Å². The van der Waals surface area contributed by atoms with Crippen LogP contribution in [0.25, 0.3) is 0 Å². The predicted molar refractivity (Wildman–Crippen MR) is 61.1 cm³/mol. The van der Waals surface area contributed by atoms with E-state index >= 15 is 0 Å². The van der Waals surface area contributed by atoms with Crippen molar-refractivity contribution in [1.29, 1.82) is 0 Å². The van der Waals surface area contributed by atoms with Crippen LogP contribution in [-0.4, -0.2) is 23.1 Å². The molecule has 4 heteroatoms. The van der Waals surface area contributed by atoms with Gasteiger partial charge in [-0.1, -0.05) is 20.8 Å². The van der Waals surface area contributed by atoms with Crippen molar-refractivity contribution in [3.63, 3.8) is 0 Å². The molecule has 1 aliphatic heterocycles. The Balaban J connectivity index is 2.85. The van der Waals surface area contributed by atoms with Crippen LogP contribution >= 0.6 is 0 Å². The highest BCUT2D eigenvalue weighted by Crippen LogP contribution is 2.27. The molecule has 1 saturated heterocycles. The van der Waals surface area contributed by atoms with E-state index in [0.29, 0.717) is 12.3 Å². The van der Waals surface area contributed by atoms with Crippen LogP contribution in [0.15, 0.2) is 5.10 Å². The lowest BCUT2D eigenvalue weighted by molar-refractivity contribution is 0.0588. The van der Waals surface area contributed by atoms with Gasteiger partial charge in [-0.25, -0.2) is 4.39 Å². The Morgan fingerprint density at radius 3 is 2.67 bits per heavy atom. The first-order valence-electron chi connectivity index (χ1n) is 5.82. The van der Waals surface area contributed by atoms with Crippen molar-refractivity contribution >= 4 is 5.84 Å². The van der Waals surface area contributed by atoms with E-state index in [1.807, 2.05) is 13.8 Å². The van der Waals surface area contributed by atoms with E-state index in [2.05, 4.69) is 12.0 Å². The number of nitrogens with zero attached hydrogens (tertiary/aromatic N) is 2. The van der Waals surface area contributed by atoms with Crippen molar-refractivity contribution in [3.8, 4) is 0 Å². The summed E-state index contributed by atoms with van der Waals surface area (Å²) in [6, 6.07) is 0.262. The van der Waals surface area contributed by atoms with Gasteiger partial charge in [0.15, 0.2) is 6.30 Å². The van der Waals surface area contributed by atoms with Crippen molar-refractivity contribution in [1.82, 2.24) is 4.90 Å². The minimum atomic E-state index is -0.909. The third-order valence-corrected chi connectivity index (χ3v) is 3.06. The molecule has 88 valence electrons. The molecule has 0 spiro atoms. The van der Waals surface area contributed by atoms with Gasteiger partial charge >= 0.3 is 0 Å². The SMILES string of the molecule is CCC1CCCC(F)N1/C(=N\N)C(C)C. The maximum absolute atomic E-state index is 13.9. The van der Waals surface area contributed by atoms with Gasteiger partial charge < -0.3 is 10.7 Å². The molecular weight excluding hydrogens is 193 g/mol. The van der Waals surface area contributed by atoms with Crippen molar-refractivity contribution < 1.29 is 4.39 Å². The number of piperidine rings is 1. The van der Waals surface area contributed by atoms with Crippen LogP contribution in [0, 0.1) is 5.92 Å². The van der Waals surface area contributed by atoms with Crippen molar-refractivity contribution in [2.45, 2.75) is 58.8 Å². The Morgan fingerprint density at radius 1 is 1.53 bits per heavy atom. The summed E-state index contributed by atoms with van der Waals surface area (Å²) in [6.07, 6.45) is 2.65. The Labute approximate surface area is 91.5 Å². The Kier molecular flexibility index (Phi) is 4.36. The smallest absolute Gasteiger partial charge is 0.173 e. The molecule has 0 saturated carbocycles. The summed E-state index contributed by atoms with van der Waals surface area (Å²) in [5.41, 5.74) is 0. The highest BCUT2D eigenvalue weighted by atomic mass is 19.1. The highest BCUT2D eigenvalue weighted by molar-refractivity contribution is 5.84. The van der Waals surface area contributed by atoms with E-state index in [1.54, 1.807) is 4.90 Å². The molecule has 1 fully saturated rings. The molecule has 0 aromatic carbocycles. The third kappa shape index (κ3) is 2.61. The molecular formula is C11H22FN3. The standard InChI is InChI=1S/C11H22FN3/c1-4-9-6-5-7-10(12)15(9)11(14-13)8(2)3/h8-10H,4-7,13H2,1-3H3/b14-11-. The minimum absolute atomic E-state index is 0.181. The number of hydrogen-bond donors (Lipinski definition) is 1. The third-order valence-electron chi connectivity index (χ3n) is 3.06. The average Bonchev–Trinajstić information content (AvgIpc) is 2.21. The second-order valence-corrected chi connectivity index (χ2v) is 4.48. The van der Waals surface area contributed by atoms with Gasteiger partial charge in [0.25, 0.3) is 0 Å². The van der Waals surface area contributed by atoms with Crippen LogP contribution in [0.4, 0.5) is 4.39 Å². The lowest BCUT2D eigenvalue weighted by Gasteiger charge is -2.41. The second-order valence-electron chi connectivity index (χ2n) is 4.48. The molecule has 2 unspecified atom stereocenters. The van der Waals surface area contributed by atoms with E-state index in [0.717, 1.165) is 19.3 Å². The maximum Gasteiger partial charge on any atom is 0.173 e. The molecule has 3 nitrogen and oxygen atoms in total. The number of rotatable bonds is 2. The molecule has 0 aromatic rings. The monoisotopic (exact) mass is 215 g/mol. The zero-order valence-electron chi connectivity index (χ0n) is 9.91. The Morgan fingerprint density at radius 2 is 2.20 bits per heavy atom. The fourth-order valence-electron chi connectivity index (χ4n) is 2.27. The molecule has 0 bridgehead atoms. The Bertz CT molecular complexity index is 228. The van der Waals surface area contributed by atoms with Crippen LogP contribution in [0.2, 0.25) is 0 Å². The van der Waals surface area contributed by atoms with Crippen LogP contribution in [0.1, 0.15) is 46.5 Å². The van der Waals surface area contributed by atoms with Gasteiger partial charge in [0, 0.05) is 12.0 Å². The average molecular weight is 215 g/mol. The number of likely N-dealkylation sites (tertiary alicyclic amines) is 1. The fraction of sp³-hybridized carbons (Fsp3) is 0.909. The second kappa shape index (κ2) is 5.33. The molecule has 1 aliphatic rings. The highest BCUT2D eigenvalue weighted by Gasteiger charge is 2.32. The predicted octanol–water partition coefficient (Wildman–Crippen LogP) is 2.47. The molecule has 0 aromatic heterocycles. The molecule has 0 aliphatic carbocycles. The van der Waals surface area contributed by atoms with Gasteiger partial charge in [0.1, 0.15) is 5.84 Å². The van der Waals surface area contributed by atoms with E-state index < -0.39 is 6.30 Å². The number of alkyl halides is 1. The normalized spacial score (nSPS) is 28.6. The lowest BCUT2D eigenvalue weighted by Crippen LogP contribution is -2.50. The molecule has 15 heavy (non-hydrogen) atoms. The van der Waals surface area contributed by atoms with E-state index in [-0.39, 0.29) is 12.0 Å². The zero-order valence-corrected chi connectivity index (χ0v) is 9.91. The summed E-state index contributed by atoms with van der Waals surface area (Å²) in [7, 11) is 0. The number of nitrogens with two attached hydrogens (primary N) is 1. The number of hydrogen-bond acceptors (Lipinski definition) is 2. The summed E-state index contributed by atoms with van der Waals surface area (Å²) < 4.78 is 13.9. The minimum Gasteiger partial charge on any atom is -0.326 e. The molecule has 1 heterocycles. The fourth-order valence-corrected chi connectivity index (χ4v) is 2.27. The van der Waals surface area contributed by atoms with Gasteiger partial charge in [0.05, 0.1) is 0 Å². The molecule has 0 radical (unpaired) electrons. The lowest BCUT2D eigenvalue weighted by atomic mass is 9.97. The topological polar surface area (TPSA) is 41.6 Å². The zero-order chi connectivity index (χ0) is 11.4. The van der Waals surface area contributed by atoms with Crippen LogP contribution in [-0.2, 0) is 0 Å². The molecule has 2 N–H and O–H groups in total. The van der Waals surface area contributed by atoms with Gasteiger partial charge in [-0.05, 0) is 25.7 Å². The summed E-state index contributed by atoms with van der Waals surface area (Å²) in [4.78, 5) is 1.79. The van der Waals surface area contributed by atoms with Crippen molar-refractivity contribution in [2.75, 3.05) is 0 Å². The van der Waals surface area contributed by atoms with Gasteiger partial charge in [-0.2, -0.15) is 5.10 Å². The molecule has 2 atom stereocenters. The first-order valence-corrected chi connectivity index (χ1v) is 5.82. The molecule has 1 rings (SSSR count). The van der Waals surface area contributed by atoms with E-state index in [9.17, 15) is 4.39 Å². The maximum atomic E-state index is 13.9. The number of halogens is 1. The van der Waals surface area contributed by atoms with E-state index in [1.165, 1.54) is 0 Å².